The quantitative estimate of drug-likeness (QED) is 0.320. The molecule has 1 unspecified atom stereocenters. The lowest BCUT2D eigenvalue weighted by Gasteiger charge is -2.29. The number of morpholine rings is 1. The third-order valence-corrected chi connectivity index (χ3v) is 6.39. The van der Waals surface area contributed by atoms with Gasteiger partial charge in [0.15, 0.2) is 0 Å². The van der Waals surface area contributed by atoms with Crippen molar-refractivity contribution < 1.29 is 38.9 Å². The van der Waals surface area contributed by atoms with E-state index in [-0.39, 0.29) is 22.8 Å². The van der Waals surface area contributed by atoms with Crippen LogP contribution >= 0.6 is 0 Å². The van der Waals surface area contributed by atoms with Crippen molar-refractivity contribution >= 4 is 17.4 Å². The van der Waals surface area contributed by atoms with Crippen LogP contribution in [0, 0.1) is 0 Å². The van der Waals surface area contributed by atoms with Crippen LogP contribution in [0.5, 0.6) is 17.2 Å². The van der Waals surface area contributed by atoms with Gasteiger partial charge in [0.05, 0.1) is 51.6 Å². The van der Waals surface area contributed by atoms with Gasteiger partial charge < -0.3 is 34.2 Å². The summed E-state index contributed by atoms with van der Waals surface area (Å²) >= 11 is 0. The summed E-state index contributed by atoms with van der Waals surface area (Å²) in [6, 6.07) is 10.2. The fraction of sp³-hybridized carbons (Fsp3) is 0.385. The predicted octanol–water partition coefficient (Wildman–Crippen LogP) is 0.504. The number of amides is 1. The van der Waals surface area contributed by atoms with Crippen LogP contribution in [0.15, 0.2) is 48.0 Å². The highest BCUT2D eigenvalue weighted by atomic mass is 16.5. The molecule has 2 aromatic rings. The van der Waals surface area contributed by atoms with Gasteiger partial charge in [-0.15, -0.1) is 0 Å². The summed E-state index contributed by atoms with van der Waals surface area (Å²) in [5, 5.41) is 23.4. The number of carbonyl (C=O) groups is 2. The molecule has 9 nitrogen and oxygen atoms in total. The van der Waals surface area contributed by atoms with Crippen molar-refractivity contribution in [1.82, 2.24) is 4.90 Å². The Bertz CT molecular complexity index is 1110. The third-order valence-electron chi connectivity index (χ3n) is 6.39. The highest BCUT2D eigenvalue weighted by Gasteiger charge is 2.46. The van der Waals surface area contributed by atoms with E-state index in [0.29, 0.717) is 49.8 Å². The first-order valence-electron chi connectivity index (χ1n) is 11.7. The van der Waals surface area contributed by atoms with Gasteiger partial charge in [-0.1, -0.05) is 17.9 Å². The van der Waals surface area contributed by atoms with Gasteiger partial charge in [-0.3, -0.25) is 9.59 Å². The molecule has 2 N–H and O–H groups in total. The van der Waals surface area contributed by atoms with Gasteiger partial charge in [-0.2, -0.15) is 0 Å². The van der Waals surface area contributed by atoms with Crippen LogP contribution in [0.4, 0.5) is 0 Å². The standard InChI is InChI=1S/C26H30N2O7/c1-3-35-21-16-18(6-9-20(21)29)23-22(24(30)17-4-7-19(33-2)8-5-17)25(31)26(32)28(23)11-10-27-12-14-34-15-13-27/h4-9,16,23,29-30H,3,10-15H2,1-2H3. The lowest BCUT2D eigenvalue weighted by Crippen LogP contribution is -3.14. The largest absolute Gasteiger partial charge is 0.870 e. The molecule has 2 heterocycles. The molecule has 186 valence electrons. The van der Waals surface area contributed by atoms with Gasteiger partial charge in [0.2, 0.25) is 0 Å². The summed E-state index contributed by atoms with van der Waals surface area (Å²) in [6.07, 6.45) is 0. The molecule has 2 fully saturated rings. The molecule has 2 aliphatic rings. The Balaban J connectivity index is 1.76. The average molecular weight is 483 g/mol. The first kappa shape index (κ1) is 24.6. The fourth-order valence-corrected chi connectivity index (χ4v) is 4.51. The molecular weight excluding hydrogens is 452 g/mol. The molecule has 0 bridgehead atoms. The Labute approximate surface area is 204 Å². The van der Waals surface area contributed by atoms with E-state index >= 15 is 0 Å². The Kier molecular flexibility index (Phi) is 7.57. The Morgan fingerprint density at radius 2 is 1.89 bits per heavy atom. The van der Waals surface area contributed by atoms with Crippen molar-refractivity contribution in [2.24, 2.45) is 0 Å². The zero-order valence-corrected chi connectivity index (χ0v) is 19.9. The van der Waals surface area contributed by atoms with Gasteiger partial charge in [-0.25, -0.2) is 0 Å². The summed E-state index contributed by atoms with van der Waals surface area (Å²) in [7, 11) is 1.53. The van der Waals surface area contributed by atoms with Crippen LogP contribution in [0.3, 0.4) is 0 Å². The molecule has 2 aliphatic heterocycles. The SMILES string of the molecule is CCOc1cc(C2C(=C(O)c3ccc(OC)cc3)C(=O)C(=O)N2CC[NH+]2CCOCC2)ccc1[O-]. The highest BCUT2D eigenvalue weighted by Crippen LogP contribution is 2.41. The Morgan fingerprint density at radius 3 is 2.54 bits per heavy atom. The lowest BCUT2D eigenvalue weighted by molar-refractivity contribution is -0.907. The molecule has 4 rings (SSSR count). The molecular formula is C26H30N2O7. The van der Waals surface area contributed by atoms with Crippen molar-refractivity contribution in [3.8, 4) is 17.2 Å². The second-order valence-corrected chi connectivity index (χ2v) is 8.47. The van der Waals surface area contributed by atoms with Crippen LogP contribution < -0.4 is 19.5 Å². The number of ketones is 1. The fourth-order valence-electron chi connectivity index (χ4n) is 4.51. The first-order valence-corrected chi connectivity index (χ1v) is 11.7. The maximum Gasteiger partial charge on any atom is 0.295 e. The smallest absolute Gasteiger partial charge is 0.295 e. The topological polar surface area (TPSA) is 113 Å². The number of methoxy groups -OCH3 is 1. The molecule has 0 radical (unpaired) electrons. The second-order valence-electron chi connectivity index (χ2n) is 8.47. The lowest BCUT2D eigenvalue weighted by atomic mass is 9.95. The highest BCUT2D eigenvalue weighted by molar-refractivity contribution is 6.46. The minimum Gasteiger partial charge on any atom is -0.870 e. The minimum atomic E-state index is -0.850. The number of likely N-dealkylation sites (tertiary alicyclic amines) is 1. The van der Waals surface area contributed by atoms with Crippen LogP contribution in [0.2, 0.25) is 0 Å². The number of quaternary nitrogens is 1. The number of Topliss-reactive ketones (excluding diaryl/α,β-unsaturated/α-hetero) is 1. The molecule has 1 amide bonds. The predicted molar refractivity (Wildman–Crippen MR) is 125 cm³/mol. The molecule has 2 aromatic carbocycles. The summed E-state index contributed by atoms with van der Waals surface area (Å²) in [5.41, 5.74) is 0.899. The number of aliphatic hydroxyl groups is 1. The van der Waals surface area contributed by atoms with Gasteiger partial charge in [0, 0.05) is 5.56 Å². The van der Waals surface area contributed by atoms with E-state index in [1.165, 1.54) is 23.0 Å². The zero-order valence-electron chi connectivity index (χ0n) is 19.9. The van der Waals surface area contributed by atoms with Gasteiger partial charge in [-0.05, 0) is 42.8 Å². The van der Waals surface area contributed by atoms with Gasteiger partial charge in [0.1, 0.15) is 30.3 Å². The number of benzene rings is 2. The molecule has 0 saturated carbocycles. The maximum absolute atomic E-state index is 13.2. The van der Waals surface area contributed by atoms with Crippen LogP contribution in [-0.2, 0) is 14.3 Å². The Hall–Kier alpha value is -3.56. The first-order chi connectivity index (χ1) is 16.9. The number of hydrogen-bond acceptors (Lipinski definition) is 7. The van der Waals surface area contributed by atoms with Crippen molar-refractivity contribution in [3.05, 3.63) is 59.2 Å². The van der Waals surface area contributed by atoms with E-state index in [2.05, 4.69) is 0 Å². The molecule has 0 aliphatic carbocycles. The molecule has 35 heavy (non-hydrogen) atoms. The Morgan fingerprint density at radius 1 is 1.17 bits per heavy atom. The third kappa shape index (κ3) is 5.11. The summed E-state index contributed by atoms with van der Waals surface area (Å²) in [4.78, 5) is 29.1. The van der Waals surface area contributed by atoms with Crippen LogP contribution in [0.1, 0.15) is 24.1 Å². The van der Waals surface area contributed by atoms with Crippen molar-refractivity contribution in [3.63, 3.8) is 0 Å². The van der Waals surface area contributed by atoms with E-state index in [0.717, 1.165) is 13.1 Å². The number of carbonyl (C=O) groups excluding carboxylic acids is 2. The number of hydrogen-bond donors (Lipinski definition) is 2. The van der Waals surface area contributed by atoms with Crippen molar-refractivity contribution in [2.45, 2.75) is 13.0 Å². The number of nitrogens with zero attached hydrogens (tertiary/aromatic N) is 1. The van der Waals surface area contributed by atoms with E-state index in [4.69, 9.17) is 14.2 Å². The van der Waals surface area contributed by atoms with E-state index in [1.54, 1.807) is 43.3 Å². The minimum absolute atomic E-state index is 0.0155. The summed E-state index contributed by atoms with van der Waals surface area (Å²) < 4.78 is 16.1. The summed E-state index contributed by atoms with van der Waals surface area (Å²) in [5.74, 6) is -1.27. The molecule has 9 heteroatoms. The molecule has 0 aromatic heterocycles. The zero-order chi connectivity index (χ0) is 24.9. The van der Waals surface area contributed by atoms with Crippen molar-refractivity contribution in [1.29, 1.82) is 0 Å². The number of nitrogens with one attached hydrogen (secondary N) is 1. The van der Waals surface area contributed by atoms with E-state index in [1.807, 2.05) is 0 Å². The number of aliphatic hydroxyl groups excluding tert-OH is 1. The molecule has 1 atom stereocenters. The second kappa shape index (κ2) is 10.8. The number of rotatable bonds is 8. The van der Waals surface area contributed by atoms with E-state index in [9.17, 15) is 19.8 Å². The van der Waals surface area contributed by atoms with Gasteiger partial charge in [0.25, 0.3) is 11.7 Å². The van der Waals surface area contributed by atoms with Gasteiger partial charge >= 0.3 is 0 Å². The maximum atomic E-state index is 13.2. The monoisotopic (exact) mass is 482 g/mol. The van der Waals surface area contributed by atoms with Crippen LogP contribution in [-0.4, -0.2) is 74.8 Å². The van der Waals surface area contributed by atoms with E-state index < -0.39 is 17.7 Å². The number of ether oxygens (including phenoxy) is 3. The average Bonchev–Trinajstić information content (AvgIpc) is 3.14. The summed E-state index contributed by atoms with van der Waals surface area (Å²) in [6.45, 7) is 5.95. The molecule has 0 spiro atoms. The van der Waals surface area contributed by atoms with Crippen LogP contribution in [0.25, 0.3) is 5.76 Å². The van der Waals surface area contributed by atoms with Crippen molar-refractivity contribution in [2.75, 3.05) is 53.1 Å². The normalized spacial score (nSPS) is 20.3. The molecule has 2 saturated heterocycles.